The molecule has 1 aromatic carbocycles. The number of halogens is 2. The Morgan fingerprint density at radius 2 is 2.20 bits per heavy atom. The van der Waals surface area contributed by atoms with E-state index in [1.54, 1.807) is 6.07 Å². The molecule has 84 valence electrons. The van der Waals surface area contributed by atoms with Crippen LogP contribution in [0.2, 0.25) is 0 Å². The van der Waals surface area contributed by atoms with E-state index in [1.165, 1.54) is 13.2 Å². The molecule has 1 aromatic rings. The van der Waals surface area contributed by atoms with Crippen molar-refractivity contribution < 1.29 is 9.13 Å². The van der Waals surface area contributed by atoms with E-state index in [1.807, 2.05) is 6.92 Å². The number of rotatable bonds is 4. The molecule has 0 heterocycles. The quantitative estimate of drug-likeness (QED) is 0.917. The smallest absolute Gasteiger partial charge is 0.135 e. The van der Waals surface area contributed by atoms with Gasteiger partial charge < -0.3 is 10.5 Å². The van der Waals surface area contributed by atoms with Crippen LogP contribution < -0.4 is 10.5 Å². The van der Waals surface area contributed by atoms with E-state index in [4.69, 9.17) is 10.5 Å². The Labute approximate surface area is 97.7 Å². The molecule has 1 atom stereocenters. The molecule has 2 nitrogen and oxygen atoms in total. The molecule has 0 saturated carbocycles. The van der Waals surface area contributed by atoms with Crippen molar-refractivity contribution in [2.24, 2.45) is 5.73 Å². The van der Waals surface area contributed by atoms with Crippen LogP contribution >= 0.6 is 15.9 Å². The normalized spacial score (nSPS) is 12.6. The largest absolute Gasteiger partial charge is 0.495 e. The first kappa shape index (κ1) is 12.5. The Morgan fingerprint density at radius 1 is 1.53 bits per heavy atom. The van der Waals surface area contributed by atoms with E-state index in [9.17, 15) is 4.39 Å². The van der Waals surface area contributed by atoms with Crippen LogP contribution in [-0.4, -0.2) is 13.7 Å². The monoisotopic (exact) mass is 275 g/mol. The van der Waals surface area contributed by atoms with Gasteiger partial charge in [0.25, 0.3) is 0 Å². The second-order valence-electron chi connectivity index (χ2n) is 3.49. The molecule has 0 aromatic heterocycles. The molecule has 1 rings (SSSR count). The van der Waals surface area contributed by atoms with Crippen molar-refractivity contribution >= 4 is 15.9 Å². The zero-order valence-electron chi connectivity index (χ0n) is 8.89. The summed E-state index contributed by atoms with van der Waals surface area (Å²) >= 11 is 3.34. The maximum Gasteiger partial charge on any atom is 0.135 e. The second-order valence-corrected chi connectivity index (χ2v) is 4.34. The van der Waals surface area contributed by atoms with Gasteiger partial charge in [-0.1, -0.05) is 6.92 Å². The lowest BCUT2D eigenvalue weighted by molar-refractivity contribution is 0.407. The lowest BCUT2D eigenvalue weighted by atomic mass is 9.97. The number of ether oxygens (including phenoxy) is 1. The van der Waals surface area contributed by atoms with Crippen LogP contribution in [0.3, 0.4) is 0 Å². The van der Waals surface area contributed by atoms with Crippen LogP contribution in [0.1, 0.15) is 24.8 Å². The maximum absolute atomic E-state index is 13.6. The van der Waals surface area contributed by atoms with Gasteiger partial charge in [-0.25, -0.2) is 4.39 Å². The second kappa shape index (κ2) is 5.47. The summed E-state index contributed by atoms with van der Waals surface area (Å²) in [5.41, 5.74) is 6.13. The van der Waals surface area contributed by atoms with Crippen molar-refractivity contribution in [3.05, 3.63) is 28.0 Å². The first-order valence-electron chi connectivity index (χ1n) is 4.83. The van der Waals surface area contributed by atoms with Gasteiger partial charge >= 0.3 is 0 Å². The number of hydrogen-bond acceptors (Lipinski definition) is 2. The van der Waals surface area contributed by atoms with Crippen molar-refractivity contribution in [3.8, 4) is 5.75 Å². The molecular weight excluding hydrogens is 261 g/mol. The molecule has 0 saturated heterocycles. The molecule has 0 bridgehead atoms. The van der Waals surface area contributed by atoms with E-state index in [0.29, 0.717) is 17.9 Å². The standard InChI is InChI=1S/C11H15BrFNO/c1-7(3-4-14)8-5-9(12)11(15-2)6-10(8)13/h5-7H,3-4,14H2,1-2H3. The summed E-state index contributed by atoms with van der Waals surface area (Å²) in [5, 5.41) is 0. The first-order valence-corrected chi connectivity index (χ1v) is 5.62. The van der Waals surface area contributed by atoms with Crippen molar-refractivity contribution in [1.82, 2.24) is 0 Å². The highest BCUT2D eigenvalue weighted by molar-refractivity contribution is 9.10. The van der Waals surface area contributed by atoms with Crippen LogP contribution in [0.15, 0.2) is 16.6 Å². The summed E-state index contributed by atoms with van der Waals surface area (Å²) in [6.07, 6.45) is 0.774. The molecule has 4 heteroatoms. The predicted molar refractivity (Wildman–Crippen MR) is 62.7 cm³/mol. The zero-order valence-corrected chi connectivity index (χ0v) is 10.5. The van der Waals surface area contributed by atoms with E-state index in [-0.39, 0.29) is 11.7 Å². The van der Waals surface area contributed by atoms with E-state index < -0.39 is 0 Å². The summed E-state index contributed by atoms with van der Waals surface area (Å²) in [5.74, 6) is 0.393. The average molecular weight is 276 g/mol. The van der Waals surface area contributed by atoms with E-state index >= 15 is 0 Å². The van der Waals surface area contributed by atoms with Crippen molar-refractivity contribution in [3.63, 3.8) is 0 Å². The van der Waals surface area contributed by atoms with Crippen molar-refractivity contribution in [2.75, 3.05) is 13.7 Å². The third-order valence-electron chi connectivity index (χ3n) is 2.40. The molecule has 15 heavy (non-hydrogen) atoms. The van der Waals surface area contributed by atoms with Crippen molar-refractivity contribution in [1.29, 1.82) is 0 Å². The minimum atomic E-state index is -0.240. The molecule has 2 N–H and O–H groups in total. The van der Waals surface area contributed by atoms with Gasteiger partial charge in [0.15, 0.2) is 0 Å². The van der Waals surface area contributed by atoms with E-state index in [2.05, 4.69) is 15.9 Å². The van der Waals surface area contributed by atoms with Crippen LogP contribution in [0.5, 0.6) is 5.75 Å². The van der Waals surface area contributed by atoms with Gasteiger partial charge in [-0.2, -0.15) is 0 Å². The Balaban J connectivity index is 3.04. The summed E-state index contributed by atoms with van der Waals surface area (Å²) in [7, 11) is 1.52. The highest BCUT2D eigenvalue weighted by atomic mass is 79.9. The lowest BCUT2D eigenvalue weighted by Gasteiger charge is -2.13. The highest BCUT2D eigenvalue weighted by Gasteiger charge is 2.13. The molecule has 0 fully saturated rings. The number of methoxy groups -OCH3 is 1. The first-order chi connectivity index (χ1) is 7.10. The van der Waals surface area contributed by atoms with Gasteiger partial charge in [-0.05, 0) is 46.4 Å². The third-order valence-corrected chi connectivity index (χ3v) is 3.02. The zero-order chi connectivity index (χ0) is 11.4. The molecule has 1 unspecified atom stereocenters. The van der Waals surface area contributed by atoms with Crippen LogP contribution in [0.4, 0.5) is 4.39 Å². The predicted octanol–water partition coefficient (Wildman–Crippen LogP) is 3.05. The lowest BCUT2D eigenvalue weighted by Crippen LogP contribution is -2.06. The van der Waals surface area contributed by atoms with Gasteiger partial charge in [-0.3, -0.25) is 0 Å². The Morgan fingerprint density at radius 3 is 2.73 bits per heavy atom. The van der Waals surface area contributed by atoms with Gasteiger partial charge in [0, 0.05) is 6.07 Å². The molecule has 0 radical (unpaired) electrons. The number of nitrogens with two attached hydrogens (primary N) is 1. The molecule has 0 aliphatic carbocycles. The average Bonchev–Trinajstić information content (AvgIpc) is 2.21. The maximum atomic E-state index is 13.6. The summed E-state index contributed by atoms with van der Waals surface area (Å²) in [4.78, 5) is 0. The van der Waals surface area contributed by atoms with Gasteiger partial charge in [0.1, 0.15) is 11.6 Å². The van der Waals surface area contributed by atoms with Gasteiger partial charge in [-0.15, -0.1) is 0 Å². The molecular formula is C11H15BrFNO. The van der Waals surface area contributed by atoms with E-state index in [0.717, 1.165) is 10.9 Å². The van der Waals surface area contributed by atoms with Crippen LogP contribution in [0.25, 0.3) is 0 Å². The molecule has 0 amide bonds. The minimum absolute atomic E-state index is 0.122. The third kappa shape index (κ3) is 2.92. The molecule has 0 aliphatic heterocycles. The highest BCUT2D eigenvalue weighted by Crippen LogP contribution is 2.32. The van der Waals surface area contributed by atoms with Crippen molar-refractivity contribution in [2.45, 2.75) is 19.3 Å². The SMILES string of the molecule is COc1cc(F)c(C(C)CCN)cc1Br. The summed E-state index contributed by atoms with van der Waals surface area (Å²) in [6, 6.07) is 3.15. The summed E-state index contributed by atoms with van der Waals surface area (Å²) < 4.78 is 19.4. The Hall–Kier alpha value is -0.610. The fourth-order valence-electron chi connectivity index (χ4n) is 1.48. The molecule has 0 aliphatic rings. The van der Waals surface area contributed by atoms with Crippen LogP contribution in [-0.2, 0) is 0 Å². The van der Waals surface area contributed by atoms with Gasteiger partial charge in [0.2, 0.25) is 0 Å². The number of benzene rings is 1. The minimum Gasteiger partial charge on any atom is -0.495 e. The fourth-order valence-corrected chi connectivity index (χ4v) is 2.01. The number of hydrogen-bond donors (Lipinski definition) is 1. The molecule has 0 spiro atoms. The van der Waals surface area contributed by atoms with Gasteiger partial charge in [0.05, 0.1) is 11.6 Å². The topological polar surface area (TPSA) is 35.2 Å². The Bertz CT molecular complexity index is 344. The Kier molecular flexibility index (Phi) is 4.54. The fraction of sp³-hybridized carbons (Fsp3) is 0.455. The van der Waals surface area contributed by atoms with Crippen LogP contribution in [0, 0.1) is 5.82 Å². The summed E-state index contributed by atoms with van der Waals surface area (Å²) in [6.45, 7) is 2.52.